The van der Waals surface area contributed by atoms with Crippen molar-refractivity contribution in [2.45, 2.75) is 52.7 Å². The summed E-state index contributed by atoms with van der Waals surface area (Å²) in [6, 6.07) is 2.01. The summed E-state index contributed by atoms with van der Waals surface area (Å²) in [6.07, 6.45) is 2.39. The number of ether oxygens (including phenoxy) is 1. The second kappa shape index (κ2) is 4.83. The van der Waals surface area contributed by atoms with Crippen LogP contribution in [0.15, 0.2) is 12.3 Å². The van der Waals surface area contributed by atoms with Crippen molar-refractivity contribution < 1.29 is 9.53 Å². The number of pyridine rings is 1. The van der Waals surface area contributed by atoms with Crippen LogP contribution in [0, 0.1) is 6.92 Å². The van der Waals surface area contributed by atoms with Gasteiger partial charge in [-0.05, 0) is 51.8 Å². The minimum absolute atomic E-state index is 0.0206. The molecule has 4 nitrogen and oxygen atoms in total. The molecule has 1 aliphatic heterocycles. The van der Waals surface area contributed by atoms with Gasteiger partial charge in [-0.3, -0.25) is 4.98 Å². The summed E-state index contributed by atoms with van der Waals surface area (Å²) in [7, 11) is 0. The molecule has 1 amide bonds. The van der Waals surface area contributed by atoms with Crippen LogP contribution < -0.4 is 0 Å². The van der Waals surface area contributed by atoms with E-state index in [0.29, 0.717) is 6.54 Å². The smallest absolute Gasteiger partial charge is 0.410 e. The van der Waals surface area contributed by atoms with Crippen LogP contribution in [0.3, 0.4) is 0 Å². The van der Waals surface area contributed by atoms with Gasteiger partial charge in [0.2, 0.25) is 0 Å². The SMILES string of the molecule is Cc1ccnc2c1C(C)N(C(=O)OC(C)(C)C)CC2. The van der Waals surface area contributed by atoms with E-state index in [4.69, 9.17) is 4.74 Å². The molecular weight excluding hydrogens is 240 g/mol. The summed E-state index contributed by atoms with van der Waals surface area (Å²) in [5, 5.41) is 0. The Morgan fingerprint density at radius 3 is 2.79 bits per heavy atom. The summed E-state index contributed by atoms with van der Waals surface area (Å²) in [6.45, 7) is 10.4. The van der Waals surface area contributed by atoms with E-state index in [1.165, 1.54) is 11.1 Å². The van der Waals surface area contributed by atoms with Crippen molar-refractivity contribution in [2.24, 2.45) is 0 Å². The molecule has 0 spiro atoms. The van der Waals surface area contributed by atoms with Crippen LogP contribution >= 0.6 is 0 Å². The highest BCUT2D eigenvalue weighted by Crippen LogP contribution is 2.31. The van der Waals surface area contributed by atoms with Gasteiger partial charge < -0.3 is 9.64 Å². The first kappa shape index (κ1) is 13.8. The molecule has 4 heteroatoms. The molecule has 1 aromatic rings. The van der Waals surface area contributed by atoms with Crippen molar-refractivity contribution >= 4 is 6.09 Å². The largest absolute Gasteiger partial charge is 0.444 e. The van der Waals surface area contributed by atoms with Gasteiger partial charge in [0, 0.05) is 24.9 Å². The average molecular weight is 262 g/mol. The topological polar surface area (TPSA) is 42.4 Å². The Kier molecular flexibility index (Phi) is 3.52. The first-order valence-corrected chi connectivity index (χ1v) is 6.73. The quantitative estimate of drug-likeness (QED) is 0.720. The number of nitrogens with zero attached hydrogens (tertiary/aromatic N) is 2. The standard InChI is InChI=1S/C15H22N2O2/c1-10-6-8-16-12-7-9-17(11(2)13(10)12)14(18)19-15(3,4)5/h6,8,11H,7,9H2,1-5H3. The summed E-state index contributed by atoms with van der Waals surface area (Å²) < 4.78 is 5.47. The van der Waals surface area contributed by atoms with Crippen LogP contribution in [-0.4, -0.2) is 28.1 Å². The Labute approximate surface area is 114 Å². The van der Waals surface area contributed by atoms with E-state index in [-0.39, 0.29) is 12.1 Å². The van der Waals surface area contributed by atoms with E-state index in [1.54, 1.807) is 4.90 Å². The molecule has 1 unspecified atom stereocenters. The van der Waals surface area contributed by atoms with E-state index in [9.17, 15) is 4.79 Å². The normalized spacial score (nSPS) is 19.0. The zero-order chi connectivity index (χ0) is 14.2. The number of rotatable bonds is 0. The molecule has 0 N–H and O–H groups in total. The number of hydrogen-bond donors (Lipinski definition) is 0. The van der Waals surface area contributed by atoms with Gasteiger partial charge in [0.1, 0.15) is 5.60 Å². The van der Waals surface area contributed by atoms with Gasteiger partial charge >= 0.3 is 6.09 Å². The lowest BCUT2D eigenvalue weighted by atomic mass is 9.94. The van der Waals surface area contributed by atoms with Crippen LogP contribution in [0.1, 0.15) is 50.6 Å². The Morgan fingerprint density at radius 2 is 2.16 bits per heavy atom. The zero-order valence-electron chi connectivity index (χ0n) is 12.4. The molecule has 2 rings (SSSR count). The van der Waals surface area contributed by atoms with Crippen molar-refractivity contribution in [3.8, 4) is 0 Å². The predicted octanol–water partition coefficient (Wildman–Crippen LogP) is 3.24. The fourth-order valence-electron chi connectivity index (χ4n) is 2.54. The Hall–Kier alpha value is -1.58. The van der Waals surface area contributed by atoms with E-state index >= 15 is 0 Å². The third-order valence-electron chi connectivity index (χ3n) is 3.39. The Morgan fingerprint density at radius 1 is 1.47 bits per heavy atom. The van der Waals surface area contributed by atoms with Gasteiger partial charge in [0.05, 0.1) is 6.04 Å². The Bertz CT molecular complexity index is 491. The molecule has 0 radical (unpaired) electrons. The molecule has 104 valence electrons. The number of amides is 1. The van der Waals surface area contributed by atoms with Gasteiger partial charge in [-0.1, -0.05) is 0 Å². The highest BCUT2D eigenvalue weighted by molar-refractivity contribution is 5.69. The molecular formula is C15H22N2O2. The van der Waals surface area contributed by atoms with Crippen LogP contribution in [0.2, 0.25) is 0 Å². The molecule has 0 saturated heterocycles. The first-order valence-electron chi connectivity index (χ1n) is 6.73. The summed E-state index contributed by atoms with van der Waals surface area (Å²) >= 11 is 0. The average Bonchev–Trinajstić information content (AvgIpc) is 2.26. The lowest BCUT2D eigenvalue weighted by molar-refractivity contribution is 0.0157. The molecule has 0 bridgehead atoms. The van der Waals surface area contributed by atoms with Gasteiger partial charge in [0.25, 0.3) is 0 Å². The maximum absolute atomic E-state index is 12.2. The molecule has 0 aromatic carbocycles. The highest BCUT2D eigenvalue weighted by Gasteiger charge is 2.32. The van der Waals surface area contributed by atoms with Gasteiger partial charge in [0.15, 0.2) is 0 Å². The van der Waals surface area contributed by atoms with Crippen molar-refractivity contribution in [2.75, 3.05) is 6.54 Å². The molecule has 1 atom stereocenters. The maximum atomic E-state index is 12.2. The van der Waals surface area contributed by atoms with Crippen molar-refractivity contribution in [1.29, 1.82) is 0 Å². The molecule has 0 fully saturated rings. The number of hydrogen-bond acceptors (Lipinski definition) is 3. The van der Waals surface area contributed by atoms with Crippen LogP contribution in [0.25, 0.3) is 0 Å². The fraction of sp³-hybridized carbons (Fsp3) is 0.600. The molecule has 1 aliphatic rings. The van der Waals surface area contributed by atoms with Crippen LogP contribution in [-0.2, 0) is 11.2 Å². The predicted molar refractivity (Wildman–Crippen MR) is 74.0 cm³/mol. The van der Waals surface area contributed by atoms with Crippen LogP contribution in [0.4, 0.5) is 4.79 Å². The molecule has 2 heterocycles. The number of aromatic nitrogens is 1. The van der Waals surface area contributed by atoms with Crippen molar-refractivity contribution in [3.63, 3.8) is 0 Å². The molecule has 0 saturated carbocycles. The van der Waals surface area contributed by atoms with Crippen LogP contribution in [0.5, 0.6) is 0 Å². The second-order valence-electron chi connectivity index (χ2n) is 6.09. The lowest BCUT2D eigenvalue weighted by Gasteiger charge is -2.36. The minimum Gasteiger partial charge on any atom is -0.444 e. The number of carbonyl (C=O) groups excluding carboxylic acids is 1. The monoisotopic (exact) mass is 262 g/mol. The third kappa shape index (κ3) is 2.88. The van der Waals surface area contributed by atoms with E-state index < -0.39 is 5.60 Å². The van der Waals surface area contributed by atoms with Gasteiger partial charge in [-0.25, -0.2) is 4.79 Å². The fourth-order valence-corrected chi connectivity index (χ4v) is 2.54. The molecule has 1 aromatic heterocycles. The van der Waals surface area contributed by atoms with Gasteiger partial charge in [-0.2, -0.15) is 0 Å². The third-order valence-corrected chi connectivity index (χ3v) is 3.39. The van der Waals surface area contributed by atoms with Crippen molar-refractivity contribution in [3.05, 3.63) is 29.1 Å². The van der Waals surface area contributed by atoms with E-state index in [0.717, 1.165) is 12.1 Å². The number of aryl methyl sites for hydroxylation is 1. The summed E-state index contributed by atoms with van der Waals surface area (Å²) in [5.41, 5.74) is 3.00. The summed E-state index contributed by atoms with van der Waals surface area (Å²) in [5.74, 6) is 0. The molecule has 0 aliphatic carbocycles. The number of carbonyl (C=O) groups is 1. The molecule has 19 heavy (non-hydrogen) atoms. The number of fused-ring (bicyclic) bond motifs is 1. The van der Waals surface area contributed by atoms with E-state index in [2.05, 4.69) is 11.9 Å². The van der Waals surface area contributed by atoms with Gasteiger partial charge in [-0.15, -0.1) is 0 Å². The Balaban J connectivity index is 2.24. The minimum atomic E-state index is -0.457. The van der Waals surface area contributed by atoms with E-state index in [1.807, 2.05) is 40.0 Å². The maximum Gasteiger partial charge on any atom is 0.410 e. The first-order chi connectivity index (χ1) is 8.79. The lowest BCUT2D eigenvalue weighted by Crippen LogP contribution is -2.42. The van der Waals surface area contributed by atoms with Crippen molar-refractivity contribution in [1.82, 2.24) is 9.88 Å². The summed E-state index contributed by atoms with van der Waals surface area (Å²) in [4.78, 5) is 18.4. The zero-order valence-corrected chi connectivity index (χ0v) is 12.4. The second-order valence-corrected chi connectivity index (χ2v) is 6.09. The highest BCUT2D eigenvalue weighted by atomic mass is 16.6.